The van der Waals surface area contributed by atoms with E-state index < -0.39 is 11.7 Å². The zero-order chi connectivity index (χ0) is 22.0. The van der Waals surface area contributed by atoms with Crippen LogP contribution in [0.5, 0.6) is 5.75 Å². The van der Waals surface area contributed by atoms with Crippen LogP contribution in [0.1, 0.15) is 15.9 Å². The Kier molecular flexibility index (Phi) is 5.58. The van der Waals surface area contributed by atoms with E-state index >= 15 is 0 Å². The first-order chi connectivity index (χ1) is 14.9. The fourth-order valence-electron chi connectivity index (χ4n) is 3.59. The predicted molar refractivity (Wildman–Crippen MR) is 110 cm³/mol. The topological polar surface area (TPSA) is 50.6 Å². The summed E-state index contributed by atoms with van der Waals surface area (Å²) in [6.45, 7) is 2.02. The van der Waals surface area contributed by atoms with Gasteiger partial charge in [-0.2, -0.15) is 13.2 Å². The van der Waals surface area contributed by atoms with Crippen molar-refractivity contribution in [3.63, 3.8) is 0 Å². The molecule has 2 aromatic carbocycles. The van der Waals surface area contributed by atoms with Crippen molar-refractivity contribution in [2.45, 2.75) is 6.18 Å². The van der Waals surface area contributed by atoms with Gasteiger partial charge in [-0.3, -0.25) is 9.36 Å². The lowest BCUT2D eigenvalue weighted by molar-refractivity contribution is -0.137. The Morgan fingerprint density at radius 3 is 2.39 bits per heavy atom. The highest BCUT2D eigenvalue weighted by Crippen LogP contribution is 2.29. The third kappa shape index (κ3) is 4.35. The molecule has 31 heavy (non-hydrogen) atoms. The number of ether oxygens (including phenoxy) is 1. The molecule has 6 nitrogen and oxygen atoms in total. The average Bonchev–Trinajstić information content (AvgIpc) is 3.28. The van der Waals surface area contributed by atoms with E-state index in [0.717, 1.165) is 29.5 Å². The normalized spacial score (nSPS) is 14.6. The molecule has 9 heteroatoms. The van der Waals surface area contributed by atoms with Crippen molar-refractivity contribution in [3.8, 4) is 11.4 Å². The molecular weight excluding hydrogens is 409 g/mol. The van der Waals surface area contributed by atoms with Gasteiger partial charge in [0.05, 0.1) is 18.4 Å². The summed E-state index contributed by atoms with van der Waals surface area (Å²) in [5.74, 6) is 1.23. The van der Waals surface area contributed by atoms with Crippen LogP contribution < -0.4 is 9.64 Å². The number of methoxy groups -OCH3 is 1. The molecular formula is C22H21F3N4O2. The lowest BCUT2D eigenvalue weighted by Gasteiger charge is -2.35. The number of imidazole rings is 1. The number of amides is 1. The quantitative estimate of drug-likeness (QED) is 0.631. The highest BCUT2D eigenvalue weighted by atomic mass is 19.4. The minimum absolute atomic E-state index is 0.249. The van der Waals surface area contributed by atoms with Crippen LogP contribution >= 0.6 is 0 Å². The van der Waals surface area contributed by atoms with E-state index in [0.29, 0.717) is 26.2 Å². The Bertz CT molecular complexity index is 1060. The first-order valence-electron chi connectivity index (χ1n) is 9.76. The van der Waals surface area contributed by atoms with Crippen LogP contribution in [-0.2, 0) is 6.18 Å². The van der Waals surface area contributed by atoms with E-state index in [4.69, 9.17) is 4.74 Å². The van der Waals surface area contributed by atoms with Crippen molar-refractivity contribution in [3.05, 3.63) is 72.1 Å². The van der Waals surface area contributed by atoms with Crippen molar-refractivity contribution < 1.29 is 22.7 Å². The molecule has 2 heterocycles. The molecule has 3 aromatic rings. The Balaban J connectivity index is 1.44. The van der Waals surface area contributed by atoms with Gasteiger partial charge in [0.25, 0.3) is 5.91 Å². The third-order valence-electron chi connectivity index (χ3n) is 5.26. The molecule has 0 unspecified atom stereocenters. The number of piperazine rings is 1. The Labute approximate surface area is 177 Å². The minimum atomic E-state index is -4.42. The number of carbonyl (C=O) groups excluding carboxylic acids is 1. The molecule has 0 radical (unpaired) electrons. The second-order valence-corrected chi connectivity index (χ2v) is 7.15. The van der Waals surface area contributed by atoms with Crippen molar-refractivity contribution in [2.24, 2.45) is 0 Å². The number of aromatic nitrogens is 2. The van der Waals surface area contributed by atoms with Crippen molar-refractivity contribution in [2.75, 3.05) is 38.2 Å². The summed E-state index contributed by atoms with van der Waals surface area (Å²) < 4.78 is 45.5. The summed E-state index contributed by atoms with van der Waals surface area (Å²) in [6, 6.07) is 12.0. The van der Waals surface area contributed by atoms with Crippen LogP contribution in [0.25, 0.3) is 5.69 Å². The summed E-state index contributed by atoms with van der Waals surface area (Å²) in [7, 11) is 1.61. The average molecular weight is 430 g/mol. The molecule has 1 amide bonds. The van der Waals surface area contributed by atoms with E-state index in [-0.39, 0.29) is 11.5 Å². The lowest BCUT2D eigenvalue weighted by atomic mass is 10.1. The van der Waals surface area contributed by atoms with Crippen molar-refractivity contribution in [1.29, 1.82) is 0 Å². The van der Waals surface area contributed by atoms with Gasteiger partial charge in [0.2, 0.25) is 5.95 Å². The van der Waals surface area contributed by atoms with Crippen LogP contribution in [0.3, 0.4) is 0 Å². The van der Waals surface area contributed by atoms with Crippen LogP contribution in [0.2, 0.25) is 0 Å². The van der Waals surface area contributed by atoms with Crippen LogP contribution in [-0.4, -0.2) is 53.6 Å². The summed E-state index contributed by atoms with van der Waals surface area (Å²) in [5, 5.41) is 0. The minimum Gasteiger partial charge on any atom is -0.497 e. The fourth-order valence-corrected chi connectivity index (χ4v) is 3.59. The first-order valence-corrected chi connectivity index (χ1v) is 9.76. The Morgan fingerprint density at radius 1 is 1.03 bits per heavy atom. The van der Waals surface area contributed by atoms with Gasteiger partial charge in [-0.1, -0.05) is 6.07 Å². The molecule has 0 spiro atoms. The zero-order valence-electron chi connectivity index (χ0n) is 16.8. The molecule has 4 rings (SSSR count). The van der Waals surface area contributed by atoms with E-state index in [2.05, 4.69) is 9.88 Å². The number of hydrogen-bond acceptors (Lipinski definition) is 4. The van der Waals surface area contributed by atoms with E-state index in [1.807, 2.05) is 35.0 Å². The smallest absolute Gasteiger partial charge is 0.416 e. The Morgan fingerprint density at radius 2 is 1.74 bits per heavy atom. The summed E-state index contributed by atoms with van der Waals surface area (Å²) in [5.41, 5.74) is 0.396. The fraction of sp³-hybridized carbons (Fsp3) is 0.273. The van der Waals surface area contributed by atoms with E-state index in [9.17, 15) is 18.0 Å². The molecule has 0 saturated carbocycles. The molecule has 162 valence electrons. The van der Waals surface area contributed by atoms with Gasteiger partial charge in [0.15, 0.2) is 0 Å². The monoisotopic (exact) mass is 430 g/mol. The molecule has 1 saturated heterocycles. The van der Waals surface area contributed by atoms with Crippen molar-refractivity contribution in [1.82, 2.24) is 14.5 Å². The zero-order valence-corrected chi connectivity index (χ0v) is 16.8. The van der Waals surface area contributed by atoms with Gasteiger partial charge in [0.1, 0.15) is 5.75 Å². The number of halogens is 3. The summed E-state index contributed by atoms with van der Waals surface area (Å²) in [6.07, 6.45) is -0.837. The molecule has 0 atom stereocenters. The van der Waals surface area contributed by atoms with E-state index in [1.54, 1.807) is 18.2 Å². The maximum atomic E-state index is 12.7. The maximum absolute atomic E-state index is 12.7. The van der Waals surface area contributed by atoms with Gasteiger partial charge >= 0.3 is 6.18 Å². The summed E-state index contributed by atoms with van der Waals surface area (Å²) >= 11 is 0. The largest absolute Gasteiger partial charge is 0.497 e. The molecule has 0 aliphatic carbocycles. The second-order valence-electron chi connectivity index (χ2n) is 7.15. The second kappa shape index (κ2) is 8.33. The lowest BCUT2D eigenvalue weighted by Crippen LogP contribution is -2.49. The predicted octanol–water partition coefficient (Wildman–Crippen LogP) is 3.86. The number of anilines is 1. The van der Waals surface area contributed by atoms with Crippen LogP contribution in [0.15, 0.2) is 60.9 Å². The van der Waals surface area contributed by atoms with Gasteiger partial charge < -0.3 is 14.5 Å². The number of benzene rings is 2. The standard InChI is InChI=1S/C22H21F3N4O2/c1-31-19-4-2-3-18(15-19)29-10-9-26-21(29)28-13-11-27(12-14-28)20(30)16-5-7-17(8-6-16)22(23,24)25/h2-10,15H,11-14H2,1H3. The Hall–Kier alpha value is -3.49. The molecule has 1 aliphatic rings. The van der Waals surface area contributed by atoms with Gasteiger partial charge in [-0.15, -0.1) is 0 Å². The first kappa shape index (κ1) is 20.8. The van der Waals surface area contributed by atoms with Gasteiger partial charge in [-0.25, -0.2) is 4.98 Å². The van der Waals surface area contributed by atoms with Gasteiger partial charge in [-0.05, 0) is 36.4 Å². The number of nitrogens with zero attached hydrogens (tertiary/aromatic N) is 4. The molecule has 1 aromatic heterocycles. The molecule has 0 N–H and O–H groups in total. The number of carbonyl (C=O) groups is 1. The highest BCUT2D eigenvalue weighted by molar-refractivity contribution is 5.94. The summed E-state index contributed by atoms with van der Waals surface area (Å²) in [4.78, 5) is 20.9. The molecule has 1 aliphatic heterocycles. The van der Waals surface area contributed by atoms with Crippen molar-refractivity contribution >= 4 is 11.9 Å². The third-order valence-corrected chi connectivity index (χ3v) is 5.26. The van der Waals surface area contributed by atoms with Gasteiger partial charge in [0, 0.05) is 50.2 Å². The SMILES string of the molecule is COc1cccc(-n2ccnc2N2CCN(C(=O)c3ccc(C(F)(F)F)cc3)CC2)c1. The number of rotatable bonds is 4. The van der Waals surface area contributed by atoms with Crippen LogP contribution in [0, 0.1) is 0 Å². The number of hydrogen-bond donors (Lipinski definition) is 0. The number of alkyl halides is 3. The highest BCUT2D eigenvalue weighted by Gasteiger charge is 2.31. The molecule has 0 bridgehead atoms. The maximum Gasteiger partial charge on any atom is 0.416 e. The molecule has 1 fully saturated rings. The van der Waals surface area contributed by atoms with Crippen LogP contribution in [0.4, 0.5) is 19.1 Å². The van der Waals surface area contributed by atoms with E-state index in [1.165, 1.54) is 12.1 Å².